The van der Waals surface area contributed by atoms with E-state index < -0.39 is 6.10 Å². The van der Waals surface area contributed by atoms with Crippen LogP contribution in [0.3, 0.4) is 0 Å². The van der Waals surface area contributed by atoms with E-state index in [0.717, 1.165) is 11.3 Å². The van der Waals surface area contributed by atoms with Gasteiger partial charge in [0.25, 0.3) is 0 Å². The molecule has 1 aromatic carbocycles. The van der Waals surface area contributed by atoms with E-state index in [1.165, 1.54) is 35.4 Å². The molecule has 1 atom stereocenters. The molecule has 23 heavy (non-hydrogen) atoms. The van der Waals surface area contributed by atoms with Gasteiger partial charge in [-0.2, -0.15) is 0 Å². The Balaban J connectivity index is 1.96. The summed E-state index contributed by atoms with van der Waals surface area (Å²) in [5.74, 6) is 0.143. The summed E-state index contributed by atoms with van der Waals surface area (Å²) in [5.41, 5.74) is 0. The summed E-state index contributed by atoms with van der Waals surface area (Å²) in [6.07, 6.45) is 0.878. The Kier molecular flexibility index (Phi) is 5.89. The normalized spacial score (nSPS) is 11.8. The van der Waals surface area contributed by atoms with E-state index in [1.807, 2.05) is 6.92 Å². The Labute approximate surface area is 137 Å². The van der Waals surface area contributed by atoms with Gasteiger partial charge in [-0.15, -0.1) is 0 Å². The van der Waals surface area contributed by atoms with Crippen LogP contribution in [-0.4, -0.2) is 40.2 Å². The molecule has 0 saturated heterocycles. The van der Waals surface area contributed by atoms with Gasteiger partial charge in [0.15, 0.2) is 5.13 Å². The number of ether oxygens (including phenoxy) is 1. The monoisotopic (exact) mass is 339 g/mol. The van der Waals surface area contributed by atoms with Gasteiger partial charge in [-0.3, -0.25) is 5.32 Å². The third-order valence-electron chi connectivity index (χ3n) is 2.88. The highest BCUT2D eigenvalue weighted by Gasteiger charge is 2.15. The first kappa shape index (κ1) is 17.2. The lowest BCUT2D eigenvalue weighted by atomic mass is 10.3. The predicted octanol–water partition coefficient (Wildman–Crippen LogP) is 3.31. The molecule has 0 spiro atoms. The highest BCUT2D eigenvalue weighted by Crippen LogP contribution is 2.30. The van der Waals surface area contributed by atoms with Crippen LogP contribution in [0.2, 0.25) is 0 Å². The molecule has 1 aromatic heterocycles. The maximum Gasteiger partial charge on any atom is 0.323 e. The van der Waals surface area contributed by atoms with E-state index in [4.69, 9.17) is 4.74 Å². The van der Waals surface area contributed by atoms with E-state index in [1.54, 1.807) is 6.92 Å². The first-order chi connectivity index (χ1) is 11.0. The highest BCUT2D eigenvalue weighted by molar-refractivity contribution is 7.17. The molecule has 0 aliphatic heterocycles. The van der Waals surface area contributed by atoms with Crippen LogP contribution in [0, 0.1) is 5.82 Å². The number of rotatable bonds is 6. The molecule has 0 aliphatic rings. The number of hydrogen-bond donors (Lipinski definition) is 2. The molecule has 124 valence electrons. The molecule has 8 heteroatoms. The zero-order valence-electron chi connectivity index (χ0n) is 12.8. The molecule has 0 saturated carbocycles. The van der Waals surface area contributed by atoms with Crippen LogP contribution in [0.15, 0.2) is 30.5 Å². The van der Waals surface area contributed by atoms with Crippen molar-refractivity contribution >= 4 is 22.5 Å². The lowest BCUT2D eigenvalue weighted by Crippen LogP contribution is -2.39. The molecule has 0 bridgehead atoms. The molecular weight excluding hydrogens is 321 g/mol. The summed E-state index contributed by atoms with van der Waals surface area (Å²) >= 11 is 1.16. The molecule has 0 aliphatic carbocycles. The van der Waals surface area contributed by atoms with Crippen molar-refractivity contribution in [3.8, 4) is 10.8 Å². The van der Waals surface area contributed by atoms with Crippen LogP contribution in [0.5, 0.6) is 10.8 Å². The zero-order chi connectivity index (χ0) is 16.8. The van der Waals surface area contributed by atoms with Crippen LogP contribution in [0.25, 0.3) is 0 Å². The molecule has 2 rings (SSSR count). The minimum atomic E-state index is -0.602. The van der Waals surface area contributed by atoms with Crippen molar-refractivity contribution in [2.45, 2.75) is 20.0 Å². The standard InChI is InChI=1S/C15H18FN3O3S/c1-3-19(9-10(2)20)15(21)18-14-17-8-13(23-14)22-12-6-4-11(16)5-7-12/h4-8,10,20H,3,9H2,1-2H3,(H,17,18,21)/t10-/m1/s1. The molecule has 1 heterocycles. The molecule has 0 fully saturated rings. The second-order valence-electron chi connectivity index (χ2n) is 4.86. The van der Waals surface area contributed by atoms with Crippen LogP contribution >= 0.6 is 11.3 Å². The number of aromatic nitrogens is 1. The Morgan fingerprint density at radius 1 is 1.48 bits per heavy atom. The number of benzene rings is 1. The number of nitrogens with one attached hydrogen (secondary N) is 1. The smallest absolute Gasteiger partial charge is 0.323 e. The molecule has 0 radical (unpaired) electrons. The topological polar surface area (TPSA) is 74.7 Å². The molecule has 2 amide bonds. The number of aliphatic hydroxyl groups is 1. The maximum absolute atomic E-state index is 12.8. The minimum absolute atomic E-state index is 0.243. The number of carbonyl (C=O) groups excluding carboxylic acids is 1. The quantitative estimate of drug-likeness (QED) is 0.847. The van der Waals surface area contributed by atoms with Gasteiger partial charge in [-0.25, -0.2) is 14.2 Å². The number of likely N-dealkylation sites (N-methyl/N-ethyl adjacent to an activating group) is 1. The number of hydrogen-bond acceptors (Lipinski definition) is 5. The Morgan fingerprint density at radius 2 is 2.17 bits per heavy atom. The van der Waals surface area contributed by atoms with Gasteiger partial charge in [0.2, 0.25) is 5.06 Å². The van der Waals surface area contributed by atoms with Gasteiger partial charge in [-0.05, 0) is 38.1 Å². The summed E-state index contributed by atoms with van der Waals surface area (Å²) < 4.78 is 18.4. The lowest BCUT2D eigenvalue weighted by Gasteiger charge is -2.21. The van der Waals surface area contributed by atoms with Crippen LogP contribution < -0.4 is 10.1 Å². The third-order valence-corrected chi connectivity index (χ3v) is 3.67. The fourth-order valence-corrected chi connectivity index (χ4v) is 2.51. The highest BCUT2D eigenvalue weighted by atomic mass is 32.1. The van der Waals surface area contributed by atoms with Crippen molar-refractivity contribution in [1.29, 1.82) is 0 Å². The summed E-state index contributed by atoms with van der Waals surface area (Å²) in [5, 5.41) is 12.9. The van der Waals surface area contributed by atoms with Gasteiger partial charge >= 0.3 is 6.03 Å². The largest absolute Gasteiger partial charge is 0.445 e. The fraction of sp³-hybridized carbons (Fsp3) is 0.333. The Hall–Kier alpha value is -2.19. The van der Waals surface area contributed by atoms with Crippen LogP contribution in [0.4, 0.5) is 14.3 Å². The second-order valence-corrected chi connectivity index (χ2v) is 5.85. The first-order valence-corrected chi connectivity index (χ1v) is 7.92. The summed E-state index contributed by atoms with van der Waals surface area (Å²) in [4.78, 5) is 17.6. The number of anilines is 1. The maximum atomic E-state index is 12.8. The molecule has 0 unspecified atom stereocenters. The van der Waals surface area contributed by atoms with E-state index in [2.05, 4.69) is 10.3 Å². The van der Waals surface area contributed by atoms with Crippen molar-refractivity contribution in [2.75, 3.05) is 18.4 Å². The first-order valence-electron chi connectivity index (χ1n) is 7.11. The third kappa shape index (κ3) is 5.19. The van der Waals surface area contributed by atoms with Gasteiger partial charge < -0.3 is 14.7 Å². The number of thiazole rings is 1. The summed E-state index contributed by atoms with van der Waals surface area (Å²) in [6.45, 7) is 4.16. The Morgan fingerprint density at radius 3 is 2.78 bits per heavy atom. The van der Waals surface area contributed by atoms with Crippen molar-refractivity contribution in [3.63, 3.8) is 0 Å². The lowest BCUT2D eigenvalue weighted by molar-refractivity contribution is 0.141. The van der Waals surface area contributed by atoms with Crippen molar-refractivity contribution < 1.29 is 19.0 Å². The molecule has 2 N–H and O–H groups in total. The molecular formula is C15H18FN3O3S. The van der Waals surface area contributed by atoms with E-state index in [9.17, 15) is 14.3 Å². The van der Waals surface area contributed by atoms with Gasteiger partial charge in [0.1, 0.15) is 11.6 Å². The van der Waals surface area contributed by atoms with Crippen molar-refractivity contribution in [2.24, 2.45) is 0 Å². The minimum Gasteiger partial charge on any atom is -0.445 e. The number of urea groups is 1. The molecule has 2 aromatic rings. The number of amides is 2. The second kappa shape index (κ2) is 7.89. The van der Waals surface area contributed by atoms with Crippen molar-refractivity contribution in [1.82, 2.24) is 9.88 Å². The number of halogens is 1. The predicted molar refractivity (Wildman–Crippen MR) is 86.5 cm³/mol. The molecule has 6 nitrogen and oxygen atoms in total. The van der Waals surface area contributed by atoms with Gasteiger partial charge in [0.05, 0.1) is 12.3 Å². The fourth-order valence-electron chi connectivity index (χ4n) is 1.83. The van der Waals surface area contributed by atoms with E-state index >= 15 is 0 Å². The van der Waals surface area contributed by atoms with Gasteiger partial charge in [0, 0.05) is 13.1 Å². The average molecular weight is 339 g/mol. The van der Waals surface area contributed by atoms with E-state index in [-0.39, 0.29) is 18.4 Å². The number of nitrogens with zero attached hydrogens (tertiary/aromatic N) is 2. The number of carbonyl (C=O) groups is 1. The summed E-state index contributed by atoms with van der Waals surface area (Å²) in [7, 11) is 0. The van der Waals surface area contributed by atoms with Crippen molar-refractivity contribution in [3.05, 3.63) is 36.3 Å². The zero-order valence-corrected chi connectivity index (χ0v) is 13.6. The summed E-state index contributed by atoms with van der Waals surface area (Å²) in [6, 6.07) is 5.28. The van der Waals surface area contributed by atoms with Crippen LogP contribution in [-0.2, 0) is 0 Å². The average Bonchev–Trinajstić information content (AvgIpc) is 2.94. The number of aliphatic hydroxyl groups excluding tert-OH is 1. The Bertz CT molecular complexity index is 646. The van der Waals surface area contributed by atoms with Crippen LogP contribution in [0.1, 0.15) is 13.8 Å². The van der Waals surface area contributed by atoms with Gasteiger partial charge in [-0.1, -0.05) is 11.3 Å². The van der Waals surface area contributed by atoms with E-state index in [0.29, 0.717) is 22.5 Å². The SMILES string of the molecule is CCN(C[C@@H](C)O)C(=O)Nc1ncc(Oc2ccc(F)cc2)s1.